The molecule has 1 heterocycles. The van der Waals surface area contributed by atoms with Gasteiger partial charge in [0.1, 0.15) is 0 Å². The molecule has 2 N–H and O–H groups in total. The van der Waals surface area contributed by atoms with Crippen LogP contribution in [0, 0.1) is 0 Å². The Bertz CT molecular complexity index is 629. The van der Waals surface area contributed by atoms with Gasteiger partial charge in [-0.2, -0.15) is 0 Å². The van der Waals surface area contributed by atoms with E-state index in [0.717, 1.165) is 0 Å². The maximum atomic E-state index is 11.3. The number of rotatable bonds is 2. The number of sulfonamides is 1. The van der Waals surface area contributed by atoms with E-state index in [4.69, 9.17) is 26.0 Å². The van der Waals surface area contributed by atoms with Crippen molar-refractivity contribution in [1.29, 1.82) is 0 Å². The second-order valence-electron chi connectivity index (χ2n) is 5.82. The summed E-state index contributed by atoms with van der Waals surface area (Å²) >= 11 is 6.12. The van der Waals surface area contributed by atoms with Crippen LogP contribution in [0.4, 0.5) is 0 Å². The van der Waals surface area contributed by atoms with E-state index >= 15 is 0 Å². The molecule has 0 bridgehead atoms. The summed E-state index contributed by atoms with van der Waals surface area (Å²) in [6.07, 6.45) is 0. The van der Waals surface area contributed by atoms with E-state index in [1.54, 1.807) is 6.07 Å². The van der Waals surface area contributed by atoms with Gasteiger partial charge in [-0.25, -0.2) is 13.6 Å². The third-order valence-electron chi connectivity index (χ3n) is 3.81. The lowest BCUT2D eigenvalue weighted by atomic mass is 9.79. The Morgan fingerprint density at radius 2 is 1.65 bits per heavy atom. The van der Waals surface area contributed by atoms with Gasteiger partial charge in [0.2, 0.25) is 10.0 Å². The third kappa shape index (κ3) is 2.73. The van der Waals surface area contributed by atoms with Gasteiger partial charge in [0, 0.05) is 10.5 Å². The van der Waals surface area contributed by atoms with E-state index in [9.17, 15) is 8.42 Å². The van der Waals surface area contributed by atoms with Gasteiger partial charge in [0.05, 0.1) is 16.1 Å². The molecule has 2 rings (SSSR count). The van der Waals surface area contributed by atoms with E-state index in [1.807, 2.05) is 27.7 Å². The molecule has 1 saturated heterocycles. The maximum absolute atomic E-state index is 11.3. The molecule has 5 nitrogen and oxygen atoms in total. The van der Waals surface area contributed by atoms with Gasteiger partial charge >= 0.3 is 7.12 Å². The van der Waals surface area contributed by atoms with E-state index in [-0.39, 0.29) is 9.92 Å². The van der Waals surface area contributed by atoms with Crippen LogP contribution in [0.25, 0.3) is 0 Å². The lowest BCUT2D eigenvalue weighted by Gasteiger charge is -2.32. The third-order valence-corrected chi connectivity index (χ3v) is 5.05. The monoisotopic (exact) mass is 317 g/mol. The normalized spacial score (nSPS) is 21.2. The average Bonchev–Trinajstić information content (AvgIpc) is 2.46. The Labute approximate surface area is 124 Å². The number of nitrogens with two attached hydrogens (primary N) is 1. The first-order valence-electron chi connectivity index (χ1n) is 6.12. The van der Waals surface area contributed by atoms with E-state index in [1.165, 1.54) is 12.1 Å². The highest BCUT2D eigenvalue weighted by Gasteiger charge is 2.52. The van der Waals surface area contributed by atoms with Crippen LogP contribution in [0.3, 0.4) is 0 Å². The number of primary sulfonamides is 1. The van der Waals surface area contributed by atoms with E-state index in [2.05, 4.69) is 0 Å². The molecule has 0 aromatic heterocycles. The van der Waals surface area contributed by atoms with Crippen molar-refractivity contribution in [3.63, 3.8) is 0 Å². The van der Waals surface area contributed by atoms with Gasteiger partial charge < -0.3 is 9.31 Å². The van der Waals surface area contributed by atoms with Crippen LogP contribution in [0.2, 0.25) is 5.02 Å². The predicted octanol–water partition coefficient (Wildman–Crippen LogP) is 1.29. The first kappa shape index (κ1) is 15.8. The first-order valence-corrected chi connectivity index (χ1v) is 8.04. The Kier molecular flexibility index (Phi) is 3.72. The van der Waals surface area contributed by atoms with E-state index < -0.39 is 28.3 Å². The molecule has 0 aliphatic carbocycles. The van der Waals surface area contributed by atoms with Crippen LogP contribution in [0.5, 0.6) is 0 Å². The molecule has 0 spiro atoms. The average molecular weight is 318 g/mol. The molecule has 0 amide bonds. The molecule has 1 aliphatic heterocycles. The number of hydrogen-bond acceptors (Lipinski definition) is 4. The largest absolute Gasteiger partial charge is 0.496 e. The zero-order chi connectivity index (χ0) is 15.3. The zero-order valence-electron chi connectivity index (χ0n) is 11.8. The molecule has 8 heteroatoms. The second kappa shape index (κ2) is 4.71. The molecule has 0 radical (unpaired) electrons. The summed E-state index contributed by atoms with van der Waals surface area (Å²) in [5, 5.41) is 5.31. The minimum Gasteiger partial charge on any atom is -0.399 e. The second-order valence-corrected chi connectivity index (χ2v) is 7.79. The van der Waals surface area contributed by atoms with Gasteiger partial charge in [0.15, 0.2) is 0 Å². The SMILES string of the molecule is CC1(C)OB(c2ccc(S(N)(=O)=O)cc2Cl)OC1(C)C. The lowest BCUT2D eigenvalue weighted by Crippen LogP contribution is -2.41. The van der Waals surface area contributed by atoms with Crippen molar-refractivity contribution < 1.29 is 17.7 Å². The minimum atomic E-state index is -3.78. The molecule has 1 aliphatic rings. The van der Waals surface area contributed by atoms with Crippen LogP contribution in [-0.4, -0.2) is 26.7 Å². The Hall–Kier alpha value is -0.595. The fourth-order valence-corrected chi connectivity index (χ4v) is 2.72. The molecule has 0 unspecified atom stereocenters. The molecule has 1 fully saturated rings. The Morgan fingerprint density at radius 1 is 1.15 bits per heavy atom. The minimum absolute atomic E-state index is 0.0391. The topological polar surface area (TPSA) is 78.6 Å². The highest BCUT2D eigenvalue weighted by Crippen LogP contribution is 2.37. The quantitative estimate of drug-likeness (QED) is 0.834. The number of hydrogen-bond donors (Lipinski definition) is 1. The standard InChI is InChI=1S/C12H17BClNO4S/c1-11(2)12(3,4)19-13(18-11)9-6-5-8(7-10(9)14)20(15,16)17/h5-7H,1-4H3,(H2,15,16,17). The van der Waals surface area contributed by atoms with Crippen LogP contribution in [0.15, 0.2) is 23.1 Å². The van der Waals surface area contributed by atoms with Gasteiger partial charge in [0.25, 0.3) is 0 Å². The zero-order valence-corrected chi connectivity index (χ0v) is 13.4. The molecule has 0 saturated carbocycles. The molecule has 20 heavy (non-hydrogen) atoms. The van der Waals surface area contributed by atoms with Crippen molar-refractivity contribution in [2.24, 2.45) is 5.14 Å². The fourth-order valence-electron chi connectivity index (χ4n) is 1.85. The summed E-state index contributed by atoms with van der Waals surface area (Å²) in [4.78, 5) is -0.0391. The van der Waals surface area contributed by atoms with Crippen molar-refractivity contribution >= 4 is 34.2 Å². The molecule has 1 aromatic rings. The van der Waals surface area contributed by atoms with Crippen LogP contribution in [-0.2, 0) is 19.3 Å². The van der Waals surface area contributed by atoms with Gasteiger partial charge in [-0.15, -0.1) is 0 Å². The summed E-state index contributed by atoms with van der Waals surface area (Å²) in [6.45, 7) is 7.72. The molecular formula is C12H17BClNO4S. The van der Waals surface area contributed by atoms with Crippen molar-refractivity contribution in [3.05, 3.63) is 23.2 Å². The van der Waals surface area contributed by atoms with Gasteiger partial charge in [-0.3, -0.25) is 0 Å². The van der Waals surface area contributed by atoms with Gasteiger partial charge in [-0.05, 0) is 39.8 Å². The number of benzene rings is 1. The summed E-state index contributed by atoms with van der Waals surface area (Å²) < 4.78 is 34.3. The smallest absolute Gasteiger partial charge is 0.399 e. The Morgan fingerprint density at radius 3 is 2.05 bits per heavy atom. The van der Waals surface area contributed by atoms with Crippen molar-refractivity contribution in [2.75, 3.05) is 0 Å². The molecule has 110 valence electrons. The van der Waals surface area contributed by atoms with Crippen molar-refractivity contribution in [1.82, 2.24) is 0 Å². The van der Waals surface area contributed by atoms with Crippen molar-refractivity contribution in [3.8, 4) is 0 Å². The lowest BCUT2D eigenvalue weighted by molar-refractivity contribution is 0.00578. The first-order chi connectivity index (χ1) is 8.94. The molecule has 0 atom stereocenters. The van der Waals surface area contributed by atoms with Crippen LogP contribution in [0.1, 0.15) is 27.7 Å². The van der Waals surface area contributed by atoms with Crippen LogP contribution >= 0.6 is 11.6 Å². The highest BCUT2D eigenvalue weighted by atomic mass is 35.5. The summed E-state index contributed by atoms with van der Waals surface area (Å²) in [5.74, 6) is 0. The predicted molar refractivity (Wildman–Crippen MR) is 78.5 cm³/mol. The molecular weight excluding hydrogens is 300 g/mol. The van der Waals surface area contributed by atoms with Gasteiger partial charge in [-0.1, -0.05) is 17.7 Å². The summed E-state index contributed by atoms with van der Waals surface area (Å²) in [6, 6.07) is 4.25. The summed E-state index contributed by atoms with van der Waals surface area (Å²) in [5.41, 5.74) is -0.392. The summed E-state index contributed by atoms with van der Waals surface area (Å²) in [7, 11) is -4.41. The number of halogens is 1. The maximum Gasteiger partial charge on any atom is 0.496 e. The van der Waals surface area contributed by atoms with Crippen molar-refractivity contribution in [2.45, 2.75) is 43.8 Å². The van der Waals surface area contributed by atoms with Crippen LogP contribution < -0.4 is 10.6 Å². The van der Waals surface area contributed by atoms with E-state index in [0.29, 0.717) is 5.46 Å². The Balaban J connectivity index is 2.37. The highest BCUT2D eigenvalue weighted by molar-refractivity contribution is 7.89. The molecule has 1 aromatic carbocycles. The fraction of sp³-hybridized carbons (Fsp3) is 0.500.